The van der Waals surface area contributed by atoms with Crippen molar-refractivity contribution in [2.75, 3.05) is 33.3 Å². The SMILES string of the molecule is COc1ccc(C(CNC(=O)CCN2C(=O)/C(=C/c3ccccc3)SC2=S)N2CCCCC2)cc1. The van der Waals surface area contributed by atoms with Gasteiger partial charge in [0.2, 0.25) is 5.91 Å². The zero-order valence-corrected chi connectivity index (χ0v) is 21.6. The van der Waals surface area contributed by atoms with Crippen molar-refractivity contribution in [3.63, 3.8) is 0 Å². The highest BCUT2D eigenvalue weighted by molar-refractivity contribution is 8.26. The summed E-state index contributed by atoms with van der Waals surface area (Å²) in [4.78, 5) is 30.2. The lowest BCUT2D eigenvalue weighted by Crippen LogP contribution is -2.41. The Morgan fingerprint density at radius 2 is 1.83 bits per heavy atom. The van der Waals surface area contributed by atoms with Crippen LogP contribution < -0.4 is 10.1 Å². The zero-order valence-electron chi connectivity index (χ0n) is 19.9. The topological polar surface area (TPSA) is 61.9 Å². The molecule has 6 nitrogen and oxygen atoms in total. The van der Waals surface area contributed by atoms with E-state index in [4.69, 9.17) is 17.0 Å². The minimum atomic E-state index is -0.138. The second-order valence-corrected chi connectivity index (χ2v) is 10.4. The summed E-state index contributed by atoms with van der Waals surface area (Å²) >= 11 is 6.70. The lowest BCUT2D eigenvalue weighted by atomic mass is 10.0. The van der Waals surface area contributed by atoms with E-state index in [1.807, 2.05) is 48.5 Å². The van der Waals surface area contributed by atoms with Crippen LogP contribution >= 0.6 is 24.0 Å². The van der Waals surface area contributed by atoms with Crippen LogP contribution in [0, 0.1) is 0 Å². The van der Waals surface area contributed by atoms with Crippen molar-refractivity contribution in [2.24, 2.45) is 0 Å². The van der Waals surface area contributed by atoms with Gasteiger partial charge in [-0.05, 0) is 55.3 Å². The normalized spacial score (nSPS) is 18.7. The zero-order chi connectivity index (χ0) is 24.6. The number of carbonyl (C=O) groups is 2. The molecule has 2 fully saturated rings. The van der Waals surface area contributed by atoms with Crippen molar-refractivity contribution in [2.45, 2.75) is 31.7 Å². The van der Waals surface area contributed by atoms with E-state index in [1.165, 1.54) is 35.9 Å². The molecule has 1 unspecified atom stereocenters. The lowest BCUT2D eigenvalue weighted by Gasteiger charge is -2.35. The molecule has 0 radical (unpaired) electrons. The first kappa shape index (κ1) is 25.4. The quantitative estimate of drug-likeness (QED) is 0.393. The number of benzene rings is 2. The van der Waals surface area contributed by atoms with Gasteiger partial charge < -0.3 is 10.1 Å². The molecule has 0 aliphatic carbocycles. The van der Waals surface area contributed by atoms with E-state index < -0.39 is 0 Å². The highest BCUT2D eigenvalue weighted by atomic mass is 32.2. The second kappa shape index (κ2) is 12.3. The van der Waals surface area contributed by atoms with E-state index in [-0.39, 0.29) is 30.8 Å². The molecule has 1 N–H and O–H groups in total. The third-order valence-corrected chi connectivity index (χ3v) is 7.74. The summed E-state index contributed by atoms with van der Waals surface area (Å²) in [6.45, 7) is 2.85. The van der Waals surface area contributed by atoms with Gasteiger partial charge in [0, 0.05) is 19.5 Å². The number of methoxy groups -OCH3 is 1. The van der Waals surface area contributed by atoms with Gasteiger partial charge in [0.1, 0.15) is 10.1 Å². The summed E-state index contributed by atoms with van der Waals surface area (Å²) in [5.74, 6) is 0.600. The fourth-order valence-corrected chi connectivity index (χ4v) is 5.73. The Bertz CT molecular complexity index is 1070. The molecule has 8 heteroatoms. The first-order chi connectivity index (χ1) is 17.0. The molecule has 2 aliphatic heterocycles. The van der Waals surface area contributed by atoms with Gasteiger partial charge in [-0.25, -0.2) is 0 Å². The van der Waals surface area contributed by atoms with Crippen molar-refractivity contribution < 1.29 is 14.3 Å². The molecule has 0 spiro atoms. The molecule has 4 rings (SSSR count). The van der Waals surface area contributed by atoms with Crippen LogP contribution in [0.1, 0.15) is 42.9 Å². The van der Waals surface area contributed by atoms with Crippen LogP contribution in [-0.4, -0.2) is 59.2 Å². The van der Waals surface area contributed by atoms with Gasteiger partial charge in [0.25, 0.3) is 5.91 Å². The number of amides is 2. The Morgan fingerprint density at radius 3 is 2.51 bits per heavy atom. The highest BCUT2D eigenvalue weighted by Gasteiger charge is 2.32. The summed E-state index contributed by atoms with van der Waals surface area (Å²) in [6.07, 6.45) is 5.65. The summed E-state index contributed by atoms with van der Waals surface area (Å²) in [5, 5.41) is 3.10. The monoisotopic (exact) mass is 509 g/mol. The number of likely N-dealkylation sites (tertiary alicyclic amines) is 1. The maximum Gasteiger partial charge on any atom is 0.266 e. The Kier molecular flexibility index (Phi) is 8.95. The molecule has 2 aromatic rings. The predicted octanol–water partition coefficient (Wildman–Crippen LogP) is 4.63. The average molecular weight is 510 g/mol. The first-order valence-corrected chi connectivity index (χ1v) is 13.2. The number of nitrogens with one attached hydrogen (secondary N) is 1. The summed E-state index contributed by atoms with van der Waals surface area (Å²) in [5.41, 5.74) is 2.11. The van der Waals surface area contributed by atoms with Crippen LogP contribution in [-0.2, 0) is 9.59 Å². The number of piperidine rings is 1. The molecule has 2 heterocycles. The van der Waals surface area contributed by atoms with Crippen LogP contribution in [0.25, 0.3) is 6.08 Å². The summed E-state index contributed by atoms with van der Waals surface area (Å²) in [6, 6.07) is 17.9. The van der Waals surface area contributed by atoms with Gasteiger partial charge in [-0.15, -0.1) is 0 Å². The van der Waals surface area contributed by atoms with Gasteiger partial charge in [0.15, 0.2) is 0 Å². The Balaban J connectivity index is 1.34. The van der Waals surface area contributed by atoms with Gasteiger partial charge in [-0.2, -0.15) is 0 Å². The molecule has 2 saturated heterocycles. The largest absolute Gasteiger partial charge is 0.497 e. The fourth-order valence-electron chi connectivity index (χ4n) is 4.42. The number of thioether (sulfide) groups is 1. The molecule has 0 bridgehead atoms. The van der Waals surface area contributed by atoms with E-state index in [9.17, 15) is 9.59 Å². The van der Waals surface area contributed by atoms with Crippen LogP contribution in [0.5, 0.6) is 5.75 Å². The molecule has 0 saturated carbocycles. The van der Waals surface area contributed by atoms with Crippen LogP contribution in [0.2, 0.25) is 0 Å². The maximum atomic E-state index is 12.8. The van der Waals surface area contributed by atoms with Gasteiger partial charge >= 0.3 is 0 Å². The smallest absolute Gasteiger partial charge is 0.266 e. The number of ether oxygens (including phenoxy) is 1. The van der Waals surface area contributed by atoms with Crippen LogP contribution in [0.15, 0.2) is 59.5 Å². The summed E-state index contributed by atoms with van der Waals surface area (Å²) in [7, 11) is 1.66. The van der Waals surface area contributed by atoms with Crippen molar-refractivity contribution in [3.8, 4) is 5.75 Å². The second-order valence-electron chi connectivity index (χ2n) is 8.68. The van der Waals surface area contributed by atoms with Crippen molar-refractivity contribution in [3.05, 3.63) is 70.6 Å². The van der Waals surface area contributed by atoms with E-state index in [0.29, 0.717) is 15.8 Å². The summed E-state index contributed by atoms with van der Waals surface area (Å²) < 4.78 is 5.79. The minimum Gasteiger partial charge on any atom is -0.497 e. The van der Waals surface area contributed by atoms with Crippen molar-refractivity contribution >= 4 is 46.2 Å². The minimum absolute atomic E-state index is 0.0818. The van der Waals surface area contributed by atoms with Crippen LogP contribution in [0.4, 0.5) is 0 Å². The molecule has 2 amide bonds. The molecule has 0 aromatic heterocycles. The number of hydrogen-bond donors (Lipinski definition) is 1. The molecule has 2 aromatic carbocycles. The third-order valence-electron chi connectivity index (χ3n) is 6.36. The van der Waals surface area contributed by atoms with Crippen molar-refractivity contribution in [1.82, 2.24) is 15.1 Å². The number of rotatable bonds is 9. The molecule has 2 aliphatic rings. The molecule has 184 valence electrons. The Hall–Kier alpha value is -2.68. The van der Waals surface area contributed by atoms with E-state index in [0.717, 1.165) is 30.0 Å². The van der Waals surface area contributed by atoms with Crippen LogP contribution in [0.3, 0.4) is 0 Å². The number of thiocarbonyl (C=S) groups is 1. The average Bonchev–Trinajstić information content (AvgIpc) is 3.16. The standard InChI is InChI=1S/C27H31N3O3S2/c1-33-22-12-10-21(11-13-22)23(29-15-6-3-7-16-29)19-28-25(31)14-17-30-26(32)24(35-27(30)34)18-20-8-4-2-5-9-20/h2,4-5,8-13,18,23H,3,6-7,14-17,19H2,1H3,(H,28,31)/b24-18-. The third kappa shape index (κ3) is 6.72. The molecule has 35 heavy (non-hydrogen) atoms. The predicted molar refractivity (Wildman–Crippen MR) is 145 cm³/mol. The van der Waals surface area contributed by atoms with E-state index in [1.54, 1.807) is 7.11 Å². The van der Waals surface area contributed by atoms with Crippen molar-refractivity contribution in [1.29, 1.82) is 0 Å². The number of carbonyl (C=O) groups excluding carboxylic acids is 2. The van der Waals surface area contributed by atoms with E-state index in [2.05, 4.69) is 22.3 Å². The first-order valence-electron chi connectivity index (χ1n) is 12.0. The molecular weight excluding hydrogens is 478 g/mol. The Labute approximate surface area is 216 Å². The van der Waals surface area contributed by atoms with Gasteiger partial charge in [0.05, 0.1) is 18.1 Å². The Morgan fingerprint density at radius 1 is 1.11 bits per heavy atom. The fraction of sp³-hybridized carbons (Fsp3) is 0.370. The molecular formula is C27H31N3O3S2. The van der Waals surface area contributed by atoms with Gasteiger partial charge in [-0.3, -0.25) is 19.4 Å². The lowest BCUT2D eigenvalue weighted by molar-refractivity contribution is -0.124. The molecule has 1 atom stereocenters. The number of nitrogens with zero attached hydrogens (tertiary/aromatic N) is 2. The van der Waals surface area contributed by atoms with E-state index >= 15 is 0 Å². The number of hydrogen-bond acceptors (Lipinski definition) is 6. The maximum absolute atomic E-state index is 12.8. The highest BCUT2D eigenvalue weighted by Crippen LogP contribution is 2.32. The van der Waals surface area contributed by atoms with Gasteiger partial charge in [-0.1, -0.05) is 72.9 Å².